The van der Waals surface area contributed by atoms with Crippen molar-refractivity contribution >= 4 is 11.9 Å². The van der Waals surface area contributed by atoms with Crippen LogP contribution in [0.25, 0.3) is 0 Å². The minimum absolute atomic E-state index is 0.178. The van der Waals surface area contributed by atoms with Gasteiger partial charge in [-0.05, 0) is 38.5 Å². The van der Waals surface area contributed by atoms with E-state index in [1.54, 1.807) is 24.3 Å². The van der Waals surface area contributed by atoms with E-state index in [1.807, 2.05) is 48.6 Å². The molecule has 0 aliphatic carbocycles. The predicted octanol–water partition coefficient (Wildman–Crippen LogP) is 6.99. The Morgan fingerprint density at radius 3 is 1.88 bits per heavy atom. The van der Waals surface area contributed by atoms with Crippen molar-refractivity contribution in [3.05, 3.63) is 72.9 Å². The van der Waals surface area contributed by atoms with Gasteiger partial charge in [0.2, 0.25) is 0 Å². The number of allylic oxidation sites excluding steroid dienone is 8. The van der Waals surface area contributed by atoms with Crippen molar-refractivity contribution in [3.8, 4) is 0 Å². The van der Waals surface area contributed by atoms with Crippen LogP contribution in [0.15, 0.2) is 72.9 Å². The molecule has 0 unspecified atom stereocenters. The van der Waals surface area contributed by atoms with E-state index in [0.29, 0.717) is 25.7 Å². The minimum atomic E-state index is -1.03. The maximum atomic E-state index is 11.9. The van der Waals surface area contributed by atoms with Crippen LogP contribution in [-0.4, -0.2) is 58.8 Å². The van der Waals surface area contributed by atoms with Crippen LogP contribution in [0, 0.1) is 0 Å². The summed E-state index contributed by atoms with van der Waals surface area (Å²) in [4.78, 5) is 23.6. The zero-order chi connectivity index (χ0) is 31.1. The third kappa shape index (κ3) is 28.8. The van der Waals surface area contributed by atoms with Crippen molar-refractivity contribution in [2.75, 3.05) is 13.2 Å². The highest BCUT2D eigenvalue weighted by Crippen LogP contribution is 2.09. The Labute approximate surface area is 254 Å². The van der Waals surface area contributed by atoms with Crippen molar-refractivity contribution in [2.45, 2.75) is 122 Å². The van der Waals surface area contributed by atoms with Crippen LogP contribution in [0.4, 0.5) is 0 Å². The number of unbranched alkanes of at least 4 members (excludes halogenated alkanes) is 7. The first-order valence-corrected chi connectivity index (χ1v) is 15.7. The number of esters is 2. The number of hydrogen-bond acceptors (Lipinski definition) is 7. The molecule has 7 nitrogen and oxygen atoms in total. The van der Waals surface area contributed by atoms with Gasteiger partial charge in [-0.15, -0.1) is 0 Å². The Balaban J connectivity index is 3.85. The second-order valence-corrected chi connectivity index (χ2v) is 10.2. The van der Waals surface area contributed by atoms with Gasteiger partial charge in [-0.25, -0.2) is 0 Å². The first-order valence-electron chi connectivity index (χ1n) is 15.7. The average molecular weight is 589 g/mol. The quantitative estimate of drug-likeness (QED) is 0.0432. The molecule has 0 aliphatic rings. The zero-order valence-corrected chi connectivity index (χ0v) is 25.9. The molecule has 0 fully saturated rings. The Hall–Kier alpha value is -2.74. The fraction of sp³-hybridized carbons (Fsp3) is 0.600. The molecule has 0 radical (unpaired) electrons. The summed E-state index contributed by atoms with van der Waals surface area (Å²) in [7, 11) is 0. The van der Waals surface area contributed by atoms with E-state index in [-0.39, 0.29) is 25.6 Å². The molecule has 0 amide bonds. The van der Waals surface area contributed by atoms with Crippen molar-refractivity contribution in [2.24, 2.45) is 0 Å². The highest BCUT2D eigenvalue weighted by atomic mass is 16.6. The highest BCUT2D eigenvalue weighted by Gasteiger charge is 2.12. The molecule has 0 aromatic carbocycles. The first-order chi connectivity index (χ1) is 20.4. The third-order valence-electron chi connectivity index (χ3n) is 6.13. The maximum absolute atomic E-state index is 11.9. The summed E-state index contributed by atoms with van der Waals surface area (Å²) in [5.41, 5.74) is 0. The molecule has 0 rings (SSSR count). The Kier molecular flexibility index (Phi) is 27.8. The lowest BCUT2D eigenvalue weighted by Crippen LogP contribution is -2.25. The summed E-state index contributed by atoms with van der Waals surface area (Å²) in [6, 6.07) is 0. The van der Waals surface area contributed by atoms with E-state index >= 15 is 0 Å². The zero-order valence-electron chi connectivity index (χ0n) is 25.9. The number of rotatable bonds is 26. The highest BCUT2D eigenvalue weighted by molar-refractivity contribution is 5.69. The molecule has 0 aliphatic heterocycles. The van der Waals surface area contributed by atoms with Crippen molar-refractivity contribution in [1.29, 1.82) is 0 Å². The molecule has 3 N–H and O–H groups in total. The second-order valence-electron chi connectivity index (χ2n) is 10.2. The van der Waals surface area contributed by atoms with Gasteiger partial charge in [0.05, 0.1) is 12.2 Å². The Morgan fingerprint density at radius 1 is 0.643 bits per heavy atom. The molecular formula is C35H56O7. The van der Waals surface area contributed by atoms with Gasteiger partial charge in [0.25, 0.3) is 0 Å². The summed E-state index contributed by atoms with van der Waals surface area (Å²) in [5, 5.41) is 29.6. The average Bonchev–Trinajstić information content (AvgIpc) is 2.97. The summed E-state index contributed by atoms with van der Waals surface area (Å²) in [6.45, 7) is 3.86. The van der Waals surface area contributed by atoms with Gasteiger partial charge in [0, 0.05) is 12.8 Å². The summed E-state index contributed by atoms with van der Waals surface area (Å²) >= 11 is 0. The van der Waals surface area contributed by atoms with E-state index in [1.165, 1.54) is 25.7 Å². The van der Waals surface area contributed by atoms with Gasteiger partial charge in [0.15, 0.2) is 0 Å². The Morgan fingerprint density at radius 2 is 1.24 bits per heavy atom. The van der Waals surface area contributed by atoms with E-state index in [2.05, 4.69) is 13.8 Å². The number of aliphatic hydroxyl groups excluding tert-OH is 3. The number of carbonyl (C=O) groups is 2. The molecule has 0 saturated carbocycles. The second kappa shape index (κ2) is 29.7. The number of aliphatic hydroxyl groups is 3. The van der Waals surface area contributed by atoms with E-state index in [4.69, 9.17) is 9.47 Å². The van der Waals surface area contributed by atoms with Crippen LogP contribution >= 0.6 is 0 Å². The fourth-order valence-electron chi connectivity index (χ4n) is 3.71. The summed E-state index contributed by atoms with van der Waals surface area (Å²) in [6.07, 6.45) is 31.9. The van der Waals surface area contributed by atoms with Crippen LogP contribution < -0.4 is 0 Å². The van der Waals surface area contributed by atoms with Crippen LogP contribution in [0.3, 0.4) is 0 Å². The van der Waals surface area contributed by atoms with Gasteiger partial charge in [-0.3, -0.25) is 9.59 Å². The lowest BCUT2D eigenvalue weighted by atomic mass is 10.1. The molecule has 42 heavy (non-hydrogen) atoms. The summed E-state index contributed by atoms with van der Waals surface area (Å²) < 4.78 is 10.1. The third-order valence-corrected chi connectivity index (χ3v) is 6.13. The maximum Gasteiger partial charge on any atom is 0.305 e. The lowest BCUT2D eigenvalue weighted by molar-refractivity contribution is -0.152. The molecule has 3 atom stereocenters. The smallest absolute Gasteiger partial charge is 0.305 e. The standard InChI is InChI=1S/C35H56O7/c1-3-5-7-8-10-15-21-27-34(39)41-29-33(38)30-42-35(40)28-22-16-20-26-32(37)25-19-14-12-9-11-13-18-24-31(36)23-17-6-4-2/h6,11-14,17-20,24-26,31-33,36-38H,3-5,7-10,15-16,21-23,27-30H2,1-2H3/b13-11-,14-12-,17-6-,24-18+,25-19+,26-20-/t31-,32-,33-/m1/s1. The lowest BCUT2D eigenvalue weighted by Gasteiger charge is -2.12. The molecule has 0 heterocycles. The first kappa shape index (κ1) is 39.3. The van der Waals surface area contributed by atoms with Crippen LogP contribution in [0.1, 0.15) is 104 Å². The van der Waals surface area contributed by atoms with Crippen molar-refractivity contribution in [3.63, 3.8) is 0 Å². The molecule has 7 heteroatoms. The molecule has 0 spiro atoms. The van der Waals surface area contributed by atoms with Gasteiger partial charge < -0.3 is 24.8 Å². The summed E-state index contributed by atoms with van der Waals surface area (Å²) in [5.74, 6) is -0.759. The molecular weight excluding hydrogens is 532 g/mol. The van der Waals surface area contributed by atoms with Gasteiger partial charge in [0.1, 0.15) is 19.3 Å². The minimum Gasteiger partial charge on any atom is -0.463 e. The Bertz CT molecular complexity index is 838. The van der Waals surface area contributed by atoms with Crippen molar-refractivity contribution < 1.29 is 34.4 Å². The number of ether oxygens (including phenoxy) is 2. The molecule has 0 aromatic rings. The largest absolute Gasteiger partial charge is 0.463 e. The SMILES string of the molecule is CC/C=C\C[C@@H](O)/C=C/C=C\C/C=C\C=C\[C@@H](O)/C=C\CCCC(=O)OC[C@H](O)COC(=O)CCCCCCCCC. The normalized spacial score (nSPS) is 14.7. The van der Waals surface area contributed by atoms with E-state index < -0.39 is 24.3 Å². The monoisotopic (exact) mass is 588 g/mol. The molecule has 0 saturated heterocycles. The van der Waals surface area contributed by atoms with Gasteiger partial charge in [-0.2, -0.15) is 0 Å². The van der Waals surface area contributed by atoms with Gasteiger partial charge >= 0.3 is 11.9 Å². The van der Waals surface area contributed by atoms with Gasteiger partial charge in [-0.1, -0.05) is 125 Å². The number of hydrogen-bond donors (Lipinski definition) is 3. The van der Waals surface area contributed by atoms with E-state index in [0.717, 1.165) is 32.1 Å². The molecule has 238 valence electrons. The fourth-order valence-corrected chi connectivity index (χ4v) is 3.71. The molecule has 0 bridgehead atoms. The van der Waals surface area contributed by atoms with Crippen LogP contribution in [-0.2, 0) is 19.1 Å². The number of carbonyl (C=O) groups excluding carboxylic acids is 2. The van der Waals surface area contributed by atoms with E-state index in [9.17, 15) is 24.9 Å². The topological polar surface area (TPSA) is 113 Å². The van der Waals surface area contributed by atoms with Crippen LogP contribution in [0.5, 0.6) is 0 Å². The van der Waals surface area contributed by atoms with Crippen LogP contribution in [0.2, 0.25) is 0 Å². The molecule has 0 aromatic heterocycles. The van der Waals surface area contributed by atoms with Crippen molar-refractivity contribution in [1.82, 2.24) is 0 Å². The predicted molar refractivity (Wildman–Crippen MR) is 171 cm³/mol.